The lowest BCUT2D eigenvalue weighted by Gasteiger charge is -2.17. The molecule has 1 N–H and O–H groups in total. The highest BCUT2D eigenvalue weighted by atomic mass is 79.9. The van der Waals surface area contributed by atoms with Gasteiger partial charge in [-0.25, -0.2) is 8.42 Å². The van der Waals surface area contributed by atoms with Crippen LogP contribution in [-0.2, 0) is 10.0 Å². The van der Waals surface area contributed by atoms with Crippen LogP contribution in [0.25, 0.3) is 0 Å². The molecule has 0 aliphatic heterocycles. The average molecular weight is 356 g/mol. The van der Waals surface area contributed by atoms with Crippen molar-refractivity contribution in [2.24, 2.45) is 0 Å². The summed E-state index contributed by atoms with van der Waals surface area (Å²) in [4.78, 5) is 5.98. The van der Waals surface area contributed by atoms with Gasteiger partial charge in [0, 0.05) is 24.8 Å². The summed E-state index contributed by atoms with van der Waals surface area (Å²) in [5.41, 5.74) is 1.20. The van der Waals surface area contributed by atoms with Gasteiger partial charge in [0.2, 0.25) is 0 Å². The number of rotatable bonds is 4. The Morgan fingerprint density at radius 3 is 2.40 bits per heavy atom. The van der Waals surface area contributed by atoms with Gasteiger partial charge in [0.15, 0.2) is 0 Å². The van der Waals surface area contributed by atoms with E-state index in [-0.39, 0.29) is 4.90 Å². The Hall–Kier alpha value is -1.60. The molecule has 0 saturated carbocycles. The number of pyridine rings is 1. The first-order valence-electron chi connectivity index (χ1n) is 5.80. The molecule has 0 aliphatic rings. The molecule has 7 heteroatoms. The molecule has 0 bridgehead atoms. The van der Waals surface area contributed by atoms with Crippen molar-refractivity contribution in [3.8, 4) is 0 Å². The molecular formula is C13H14BrN3O2S. The predicted molar refractivity (Wildman–Crippen MR) is 83.5 cm³/mol. The molecule has 2 rings (SSSR count). The van der Waals surface area contributed by atoms with Crippen LogP contribution in [0.5, 0.6) is 0 Å². The van der Waals surface area contributed by atoms with E-state index in [0.717, 1.165) is 10.2 Å². The Kier molecular flexibility index (Phi) is 4.29. The lowest BCUT2D eigenvalue weighted by atomic mass is 10.3. The summed E-state index contributed by atoms with van der Waals surface area (Å²) < 4.78 is 28.0. The zero-order valence-corrected chi connectivity index (χ0v) is 13.4. The van der Waals surface area contributed by atoms with Gasteiger partial charge < -0.3 is 4.90 Å². The Balaban J connectivity index is 2.36. The van der Waals surface area contributed by atoms with Gasteiger partial charge in [-0.1, -0.05) is 15.9 Å². The molecule has 0 atom stereocenters. The van der Waals surface area contributed by atoms with E-state index < -0.39 is 10.0 Å². The minimum atomic E-state index is -3.62. The normalized spacial score (nSPS) is 11.2. The van der Waals surface area contributed by atoms with Gasteiger partial charge >= 0.3 is 0 Å². The third-order valence-corrected chi connectivity index (χ3v) is 4.56. The molecule has 106 valence electrons. The molecule has 0 fully saturated rings. The Morgan fingerprint density at radius 2 is 1.80 bits per heavy atom. The summed E-state index contributed by atoms with van der Waals surface area (Å²) in [5.74, 6) is 0. The Morgan fingerprint density at radius 1 is 1.15 bits per heavy atom. The van der Waals surface area contributed by atoms with Gasteiger partial charge in [-0.3, -0.25) is 9.71 Å². The quantitative estimate of drug-likeness (QED) is 0.915. The van der Waals surface area contributed by atoms with Gasteiger partial charge in [0.25, 0.3) is 10.0 Å². The van der Waals surface area contributed by atoms with Crippen molar-refractivity contribution >= 4 is 37.3 Å². The first kappa shape index (κ1) is 14.8. The summed E-state index contributed by atoms with van der Waals surface area (Å²) in [6.45, 7) is 0. The van der Waals surface area contributed by atoms with E-state index in [1.165, 1.54) is 18.3 Å². The number of hydrogen-bond donors (Lipinski definition) is 1. The number of hydrogen-bond acceptors (Lipinski definition) is 4. The van der Waals surface area contributed by atoms with Crippen LogP contribution in [0.4, 0.5) is 11.4 Å². The fourth-order valence-corrected chi connectivity index (χ4v) is 3.00. The average Bonchev–Trinajstić information content (AvgIpc) is 2.39. The second-order valence-corrected chi connectivity index (χ2v) is 6.94. The van der Waals surface area contributed by atoms with Gasteiger partial charge in [0.05, 0.1) is 22.5 Å². The first-order valence-corrected chi connectivity index (χ1v) is 8.07. The molecule has 2 aromatic rings. The third-order valence-electron chi connectivity index (χ3n) is 2.65. The van der Waals surface area contributed by atoms with E-state index in [1.54, 1.807) is 24.4 Å². The van der Waals surface area contributed by atoms with Crippen molar-refractivity contribution in [3.63, 3.8) is 0 Å². The van der Waals surface area contributed by atoms with E-state index in [2.05, 4.69) is 25.6 Å². The minimum absolute atomic E-state index is 0.203. The maximum Gasteiger partial charge on any atom is 0.262 e. The van der Waals surface area contributed by atoms with E-state index in [4.69, 9.17) is 0 Å². The summed E-state index contributed by atoms with van der Waals surface area (Å²) in [7, 11) is 0.0565. The second-order valence-electron chi connectivity index (χ2n) is 4.35. The predicted octanol–water partition coefficient (Wildman–Crippen LogP) is 2.71. The molecule has 0 unspecified atom stereocenters. The number of halogens is 1. The highest BCUT2D eigenvalue weighted by molar-refractivity contribution is 9.10. The van der Waals surface area contributed by atoms with Crippen molar-refractivity contribution in [2.45, 2.75) is 4.90 Å². The van der Waals surface area contributed by atoms with Crippen molar-refractivity contribution in [1.82, 2.24) is 4.98 Å². The van der Waals surface area contributed by atoms with Crippen LogP contribution in [0.15, 0.2) is 52.1 Å². The number of benzene rings is 1. The molecule has 5 nitrogen and oxygen atoms in total. The number of nitrogens with zero attached hydrogens (tertiary/aromatic N) is 2. The lowest BCUT2D eigenvalue weighted by Crippen LogP contribution is -2.17. The van der Waals surface area contributed by atoms with Crippen LogP contribution in [0, 0.1) is 0 Å². The van der Waals surface area contributed by atoms with Gasteiger partial charge in [-0.2, -0.15) is 0 Å². The monoisotopic (exact) mass is 355 g/mol. The standard InChI is InChI=1S/C13H14BrN3O2S/c1-17(2)13-7-8-15-9-12(13)16-20(18,19)11-5-3-10(14)4-6-11/h3-9,16H,1-2H3. The maximum absolute atomic E-state index is 12.3. The summed E-state index contributed by atoms with van der Waals surface area (Å²) in [6, 6.07) is 8.20. The molecule has 0 spiro atoms. The molecule has 0 radical (unpaired) electrons. The number of sulfonamides is 1. The van der Waals surface area contributed by atoms with Crippen LogP contribution < -0.4 is 9.62 Å². The van der Waals surface area contributed by atoms with Crippen molar-refractivity contribution in [3.05, 3.63) is 47.2 Å². The fourth-order valence-electron chi connectivity index (χ4n) is 1.67. The smallest absolute Gasteiger partial charge is 0.262 e. The second kappa shape index (κ2) is 5.80. The Bertz CT molecular complexity index is 700. The summed E-state index contributed by atoms with van der Waals surface area (Å²) in [6.07, 6.45) is 3.11. The highest BCUT2D eigenvalue weighted by Crippen LogP contribution is 2.25. The number of anilines is 2. The molecule has 0 aliphatic carbocycles. The summed E-state index contributed by atoms with van der Waals surface area (Å²) >= 11 is 3.28. The number of aromatic nitrogens is 1. The van der Waals surface area contributed by atoms with E-state index in [1.807, 2.05) is 19.0 Å². The summed E-state index contributed by atoms with van der Waals surface area (Å²) in [5, 5.41) is 0. The van der Waals surface area contributed by atoms with E-state index in [0.29, 0.717) is 5.69 Å². The molecule has 1 aromatic carbocycles. The van der Waals surface area contributed by atoms with Crippen LogP contribution >= 0.6 is 15.9 Å². The third kappa shape index (κ3) is 3.29. The topological polar surface area (TPSA) is 62.3 Å². The lowest BCUT2D eigenvalue weighted by molar-refractivity contribution is 0.601. The molecule has 1 heterocycles. The first-order chi connectivity index (χ1) is 9.40. The van der Waals surface area contributed by atoms with Gasteiger partial charge in [-0.15, -0.1) is 0 Å². The van der Waals surface area contributed by atoms with Crippen molar-refractivity contribution < 1.29 is 8.42 Å². The van der Waals surface area contributed by atoms with Crippen molar-refractivity contribution in [1.29, 1.82) is 0 Å². The molecule has 20 heavy (non-hydrogen) atoms. The van der Waals surface area contributed by atoms with E-state index >= 15 is 0 Å². The largest absolute Gasteiger partial charge is 0.376 e. The minimum Gasteiger partial charge on any atom is -0.376 e. The zero-order valence-electron chi connectivity index (χ0n) is 11.0. The molecule has 0 amide bonds. The fraction of sp³-hybridized carbons (Fsp3) is 0.154. The van der Waals surface area contributed by atoms with Crippen molar-refractivity contribution in [2.75, 3.05) is 23.7 Å². The Labute approximate surface area is 126 Å². The maximum atomic E-state index is 12.3. The molecular weight excluding hydrogens is 342 g/mol. The molecule has 1 aromatic heterocycles. The zero-order chi connectivity index (χ0) is 14.8. The van der Waals surface area contributed by atoms with Crippen LogP contribution in [0.3, 0.4) is 0 Å². The van der Waals surface area contributed by atoms with Crippen LogP contribution in [0.1, 0.15) is 0 Å². The van der Waals surface area contributed by atoms with Crippen LogP contribution in [-0.4, -0.2) is 27.5 Å². The van der Waals surface area contributed by atoms with E-state index in [9.17, 15) is 8.42 Å². The van der Waals surface area contributed by atoms with Gasteiger partial charge in [0.1, 0.15) is 0 Å². The SMILES string of the molecule is CN(C)c1ccncc1NS(=O)(=O)c1ccc(Br)cc1. The highest BCUT2D eigenvalue weighted by Gasteiger charge is 2.16. The van der Waals surface area contributed by atoms with Crippen LogP contribution in [0.2, 0.25) is 0 Å². The molecule has 0 saturated heterocycles. The number of nitrogens with one attached hydrogen (secondary N) is 1. The van der Waals surface area contributed by atoms with Gasteiger partial charge in [-0.05, 0) is 30.3 Å².